The molecule has 0 bridgehead atoms. The molecule has 0 saturated heterocycles. The van der Waals surface area contributed by atoms with Gasteiger partial charge in [0.15, 0.2) is 11.6 Å². The first kappa shape index (κ1) is 13.0. The van der Waals surface area contributed by atoms with Crippen LogP contribution in [0.3, 0.4) is 0 Å². The fourth-order valence-electron chi connectivity index (χ4n) is 1.80. The van der Waals surface area contributed by atoms with Crippen molar-refractivity contribution in [1.82, 2.24) is 5.43 Å². The molecular formula is C13H11ClF2N2. The quantitative estimate of drug-likeness (QED) is 0.663. The highest BCUT2D eigenvalue weighted by Crippen LogP contribution is 2.29. The summed E-state index contributed by atoms with van der Waals surface area (Å²) < 4.78 is 27.0. The Balaban J connectivity index is 2.53. The van der Waals surface area contributed by atoms with Crippen molar-refractivity contribution in [3.63, 3.8) is 0 Å². The number of benzene rings is 2. The van der Waals surface area contributed by atoms with Gasteiger partial charge < -0.3 is 0 Å². The summed E-state index contributed by atoms with van der Waals surface area (Å²) in [7, 11) is 0. The first-order valence-corrected chi connectivity index (χ1v) is 5.67. The molecule has 1 atom stereocenters. The molecule has 0 spiro atoms. The van der Waals surface area contributed by atoms with Gasteiger partial charge in [-0.3, -0.25) is 5.84 Å². The van der Waals surface area contributed by atoms with Gasteiger partial charge in [-0.25, -0.2) is 14.2 Å². The number of hydrazine groups is 1. The summed E-state index contributed by atoms with van der Waals surface area (Å²) in [5, 5.41) is 0.434. The summed E-state index contributed by atoms with van der Waals surface area (Å²) in [6.45, 7) is 0. The second kappa shape index (κ2) is 5.44. The van der Waals surface area contributed by atoms with E-state index in [1.165, 1.54) is 12.1 Å². The third-order valence-electron chi connectivity index (χ3n) is 2.68. The van der Waals surface area contributed by atoms with Gasteiger partial charge in [0.1, 0.15) is 0 Å². The van der Waals surface area contributed by atoms with E-state index in [2.05, 4.69) is 5.43 Å². The molecule has 0 amide bonds. The van der Waals surface area contributed by atoms with E-state index in [4.69, 9.17) is 17.4 Å². The lowest BCUT2D eigenvalue weighted by molar-refractivity contribution is 0.483. The zero-order chi connectivity index (χ0) is 13.1. The fraction of sp³-hybridized carbons (Fsp3) is 0.0769. The summed E-state index contributed by atoms with van der Waals surface area (Å²) in [4.78, 5) is 0. The molecule has 94 valence electrons. The average Bonchev–Trinajstić information content (AvgIpc) is 2.37. The van der Waals surface area contributed by atoms with E-state index in [9.17, 15) is 8.78 Å². The molecule has 2 rings (SSSR count). The summed E-state index contributed by atoms with van der Waals surface area (Å²) in [6, 6.07) is 10.1. The second-order valence-electron chi connectivity index (χ2n) is 3.76. The maximum Gasteiger partial charge on any atom is 0.163 e. The van der Waals surface area contributed by atoms with Gasteiger partial charge in [0.2, 0.25) is 0 Å². The smallest absolute Gasteiger partial charge is 0.163 e. The molecule has 0 radical (unpaired) electrons. The van der Waals surface area contributed by atoms with Crippen LogP contribution in [-0.2, 0) is 0 Å². The molecule has 0 saturated carbocycles. The summed E-state index contributed by atoms with van der Waals surface area (Å²) in [5.41, 5.74) is 3.16. The maximum absolute atomic E-state index is 13.7. The third-order valence-corrected chi connectivity index (χ3v) is 3.02. The van der Waals surface area contributed by atoms with Crippen molar-refractivity contribution >= 4 is 11.6 Å². The van der Waals surface area contributed by atoms with E-state index in [0.717, 1.165) is 6.07 Å². The maximum atomic E-state index is 13.7. The Morgan fingerprint density at radius 3 is 2.33 bits per heavy atom. The molecule has 0 aromatic heterocycles. The number of hydrogen-bond donors (Lipinski definition) is 2. The Morgan fingerprint density at radius 2 is 1.67 bits per heavy atom. The van der Waals surface area contributed by atoms with Gasteiger partial charge in [0.25, 0.3) is 0 Å². The number of halogens is 3. The lowest BCUT2D eigenvalue weighted by Gasteiger charge is -2.18. The Hall–Kier alpha value is -1.49. The van der Waals surface area contributed by atoms with Crippen LogP contribution >= 0.6 is 11.6 Å². The monoisotopic (exact) mass is 268 g/mol. The number of rotatable bonds is 3. The first-order valence-electron chi connectivity index (χ1n) is 5.29. The molecule has 0 heterocycles. The van der Waals surface area contributed by atoms with Crippen molar-refractivity contribution in [2.45, 2.75) is 6.04 Å². The summed E-state index contributed by atoms with van der Waals surface area (Å²) in [5.74, 6) is 3.58. The molecule has 0 aliphatic rings. The van der Waals surface area contributed by atoms with E-state index < -0.39 is 17.7 Å². The zero-order valence-corrected chi connectivity index (χ0v) is 10.1. The van der Waals surface area contributed by atoms with Crippen molar-refractivity contribution in [2.24, 2.45) is 5.84 Å². The van der Waals surface area contributed by atoms with E-state index in [1.807, 2.05) is 0 Å². The Kier molecular flexibility index (Phi) is 3.91. The van der Waals surface area contributed by atoms with Gasteiger partial charge in [-0.1, -0.05) is 41.9 Å². The molecule has 2 nitrogen and oxygen atoms in total. The molecule has 0 aliphatic carbocycles. The topological polar surface area (TPSA) is 38.0 Å². The largest absolute Gasteiger partial charge is 0.271 e. The molecule has 0 aliphatic heterocycles. The van der Waals surface area contributed by atoms with Crippen LogP contribution in [0.25, 0.3) is 0 Å². The highest BCUT2D eigenvalue weighted by atomic mass is 35.5. The Labute approximate surface area is 108 Å². The number of hydrogen-bond acceptors (Lipinski definition) is 2. The van der Waals surface area contributed by atoms with Crippen LogP contribution in [0, 0.1) is 11.6 Å². The van der Waals surface area contributed by atoms with Gasteiger partial charge in [-0.2, -0.15) is 0 Å². The molecule has 18 heavy (non-hydrogen) atoms. The normalized spacial score (nSPS) is 12.4. The lowest BCUT2D eigenvalue weighted by Crippen LogP contribution is -2.30. The molecule has 2 aromatic carbocycles. The van der Waals surface area contributed by atoms with Crippen LogP contribution in [0.15, 0.2) is 42.5 Å². The van der Waals surface area contributed by atoms with Gasteiger partial charge >= 0.3 is 0 Å². The standard InChI is InChI=1S/C13H11ClF2N2/c14-10-6-2-1-4-8(10)13(18-17)9-5-3-7-11(15)12(9)16/h1-7,13,18H,17H2. The van der Waals surface area contributed by atoms with Gasteiger partial charge in [-0.05, 0) is 17.7 Å². The second-order valence-corrected chi connectivity index (χ2v) is 4.17. The van der Waals surface area contributed by atoms with Crippen molar-refractivity contribution < 1.29 is 8.78 Å². The summed E-state index contributed by atoms with van der Waals surface area (Å²) in [6.07, 6.45) is 0. The molecule has 0 fully saturated rings. The minimum Gasteiger partial charge on any atom is -0.271 e. The number of nitrogens with two attached hydrogens (primary N) is 1. The molecule has 2 aromatic rings. The van der Waals surface area contributed by atoms with Crippen molar-refractivity contribution in [3.05, 3.63) is 70.2 Å². The molecular weight excluding hydrogens is 258 g/mol. The third kappa shape index (κ3) is 2.36. The van der Waals surface area contributed by atoms with Crippen LogP contribution in [0.1, 0.15) is 17.2 Å². The van der Waals surface area contributed by atoms with Crippen LogP contribution in [0.4, 0.5) is 8.78 Å². The molecule has 5 heteroatoms. The number of nitrogens with one attached hydrogen (secondary N) is 1. The van der Waals surface area contributed by atoms with Crippen molar-refractivity contribution in [3.8, 4) is 0 Å². The lowest BCUT2D eigenvalue weighted by atomic mass is 9.98. The first-order chi connectivity index (χ1) is 8.65. The van der Waals surface area contributed by atoms with Crippen molar-refractivity contribution in [1.29, 1.82) is 0 Å². The van der Waals surface area contributed by atoms with Crippen LogP contribution in [0.5, 0.6) is 0 Å². The predicted octanol–water partition coefficient (Wildman–Crippen LogP) is 3.17. The van der Waals surface area contributed by atoms with Crippen LogP contribution < -0.4 is 11.3 Å². The SMILES string of the molecule is NNC(c1ccccc1Cl)c1cccc(F)c1F. The van der Waals surface area contributed by atoms with Gasteiger partial charge in [-0.15, -0.1) is 0 Å². The van der Waals surface area contributed by atoms with E-state index in [1.54, 1.807) is 24.3 Å². The fourth-order valence-corrected chi connectivity index (χ4v) is 2.04. The highest BCUT2D eigenvalue weighted by Gasteiger charge is 2.20. The predicted molar refractivity (Wildman–Crippen MR) is 67.0 cm³/mol. The van der Waals surface area contributed by atoms with Crippen LogP contribution in [0.2, 0.25) is 5.02 Å². The highest BCUT2D eigenvalue weighted by molar-refractivity contribution is 6.31. The molecule has 1 unspecified atom stereocenters. The van der Waals surface area contributed by atoms with E-state index in [0.29, 0.717) is 10.6 Å². The zero-order valence-electron chi connectivity index (χ0n) is 9.33. The Bertz CT molecular complexity index is 560. The summed E-state index contributed by atoms with van der Waals surface area (Å²) >= 11 is 6.03. The van der Waals surface area contributed by atoms with E-state index in [-0.39, 0.29) is 5.56 Å². The Morgan fingerprint density at radius 1 is 1.00 bits per heavy atom. The minimum absolute atomic E-state index is 0.116. The van der Waals surface area contributed by atoms with Crippen LogP contribution in [-0.4, -0.2) is 0 Å². The van der Waals surface area contributed by atoms with Crippen molar-refractivity contribution in [2.75, 3.05) is 0 Å². The van der Waals surface area contributed by atoms with Gasteiger partial charge in [0, 0.05) is 10.6 Å². The van der Waals surface area contributed by atoms with Gasteiger partial charge in [0.05, 0.1) is 6.04 Å². The van der Waals surface area contributed by atoms with E-state index >= 15 is 0 Å². The molecule has 3 N–H and O–H groups in total. The average molecular weight is 269 g/mol. The minimum atomic E-state index is -0.930.